The largest absolute Gasteiger partial charge is 0.462 e. The Hall–Kier alpha value is -2.19. The Kier molecular flexibility index (Phi) is 5.19. The third-order valence-electron chi connectivity index (χ3n) is 3.52. The number of carbonyl (C=O) groups excluding carboxylic acids is 1. The number of nitrogens with zero attached hydrogens (tertiary/aromatic N) is 2. The summed E-state index contributed by atoms with van der Waals surface area (Å²) in [6.45, 7) is 3.86. The Labute approximate surface area is 152 Å². The molecule has 0 bridgehead atoms. The predicted octanol–water partition coefficient (Wildman–Crippen LogP) is 4.19. The van der Waals surface area contributed by atoms with E-state index in [2.05, 4.69) is 9.97 Å². The fourth-order valence-corrected chi connectivity index (χ4v) is 4.27. The molecule has 0 saturated carbocycles. The van der Waals surface area contributed by atoms with Crippen LogP contribution in [0.2, 0.25) is 0 Å². The first-order chi connectivity index (χ1) is 12.0. The lowest BCUT2D eigenvalue weighted by atomic mass is 10.2. The summed E-state index contributed by atoms with van der Waals surface area (Å²) in [7, 11) is 0. The van der Waals surface area contributed by atoms with Gasteiger partial charge >= 0.3 is 5.97 Å². The number of carbonyl (C=O) groups is 1. The van der Waals surface area contributed by atoms with Gasteiger partial charge in [-0.15, -0.1) is 23.1 Å². The SMILES string of the molecule is CCOC(=O)c1sc2nc(CSc3ccccc3F)nc(N)c2c1C. The van der Waals surface area contributed by atoms with E-state index in [1.807, 2.05) is 0 Å². The summed E-state index contributed by atoms with van der Waals surface area (Å²) in [6, 6.07) is 6.54. The zero-order valence-corrected chi connectivity index (χ0v) is 15.3. The Balaban J connectivity index is 1.91. The van der Waals surface area contributed by atoms with Gasteiger partial charge in [-0.05, 0) is 31.5 Å². The number of fused-ring (bicyclic) bond motifs is 1. The molecular weight excluding hydrogens is 361 g/mol. The zero-order chi connectivity index (χ0) is 18.0. The van der Waals surface area contributed by atoms with Gasteiger partial charge < -0.3 is 10.5 Å². The van der Waals surface area contributed by atoms with Crippen LogP contribution in [-0.2, 0) is 10.5 Å². The molecule has 0 fully saturated rings. The lowest BCUT2D eigenvalue weighted by Gasteiger charge is -2.04. The molecule has 0 aliphatic carbocycles. The van der Waals surface area contributed by atoms with Crippen LogP contribution in [0.15, 0.2) is 29.2 Å². The molecule has 2 heterocycles. The van der Waals surface area contributed by atoms with Crippen molar-refractivity contribution in [1.82, 2.24) is 9.97 Å². The highest BCUT2D eigenvalue weighted by molar-refractivity contribution is 7.98. The van der Waals surface area contributed by atoms with Crippen molar-refractivity contribution < 1.29 is 13.9 Å². The Morgan fingerprint density at radius 1 is 1.36 bits per heavy atom. The number of hydrogen-bond acceptors (Lipinski definition) is 7. The molecule has 0 amide bonds. The average molecular weight is 377 g/mol. The van der Waals surface area contributed by atoms with Gasteiger partial charge in [-0.2, -0.15) is 0 Å². The van der Waals surface area contributed by atoms with Crippen LogP contribution in [0.3, 0.4) is 0 Å². The summed E-state index contributed by atoms with van der Waals surface area (Å²) in [5.74, 6) is 0.531. The number of ether oxygens (including phenoxy) is 1. The Bertz CT molecular complexity index is 943. The number of nitrogens with two attached hydrogens (primary N) is 1. The first kappa shape index (κ1) is 17.6. The summed E-state index contributed by atoms with van der Waals surface area (Å²) in [6.07, 6.45) is 0. The maximum atomic E-state index is 13.7. The summed E-state index contributed by atoms with van der Waals surface area (Å²) in [5, 5.41) is 0.674. The second-order valence-electron chi connectivity index (χ2n) is 5.20. The topological polar surface area (TPSA) is 78.1 Å². The third kappa shape index (κ3) is 3.59. The van der Waals surface area contributed by atoms with Gasteiger partial charge in [-0.3, -0.25) is 0 Å². The molecule has 5 nitrogen and oxygen atoms in total. The number of thioether (sulfide) groups is 1. The number of rotatable bonds is 5. The minimum absolute atomic E-state index is 0.280. The molecular formula is C17H16FN3O2S2. The number of hydrogen-bond donors (Lipinski definition) is 1. The number of anilines is 1. The second kappa shape index (κ2) is 7.37. The standard InChI is InChI=1S/C17H16FN3O2S2/c1-3-23-17(22)14-9(2)13-15(19)20-12(21-16(13)25-14)8-24-11-7-5-4-6-10(11)18/h4-7H,3,8H2,1-2H3,(H2,19,20,21). The maximum absolute atomic E-state index is 13.7. The minimum atomic E-state index is -0.385. The molecule has 0 atom stereocenters. The van der Waals surface area contributed by atoms with Crippen molar-refractivity contribution in [2.45, 2.75) is 24.5 Å². The predicted molar refractivity (Wildman–Crippen MR) is 98.5 cm³/mol. The van der Waals surface area contributed by atoms with Crippen molar-refractivity contribution in [2.24, 2.45) is 0 Å². The van der Waals surface area contributed by atoms with Crippen molar-refractivity contribution in [1.29, 1.82) is 0 Å². The van der Waals surface area contributed by atoms with Crippen LogP contribution >= 0.6 is 23.1 Å². The van der Waals surface area contributed by atoms with Crippen LogP contribution in [0.5, 0.6) is 0 Å². The van der Waals surface area contributed by atoms with E-state index in [1.165, 1.54) is 29.2 Å². The molecule has 3 rings (SSSR count). The van der Waals surface area contributed by atoms with E-state index in [1.54, 1.807) is 32.0 Å². The maximum Gasteiger partial charge on any atom is 0.348 e. The molecule has 3 aromatic rings. The second-order valence-corrected chi connectivity index (χ2v) is 7.22. The highest BCUT2D eigenvalue weighted by atomic mass is 32.2. The van der Waals surface area contributed by atoms with Crippen molar-refractivity contribution in [3.63, 3.8) is 0 Å². The molecule has 2 N–H and O–H groups in total. The molecule has 130 valence electrons. The first-order valence-corrected chi connectivity index (χ1v) is 9.41. The summed E-state index contributed by atoms with van der Waals surface area (Å²) >= 11 is 2.54. The van der Waals surface area contributed by atoms with Gasteiger partial charge in [0.25, 0.3) is 0 Å². The van der Waals surface area contributed by atoms with Crippen LogP contribution in [0.25, 0.3) is 10.2 Å². The highest BCUT2D eigenvalue weighted by Gasteiger charge is 2.20. The molecule has 25 heavy (non-hydrogen) atoms. The molecule has 0 aliphatic rings. The van der Waals surface area contributed by atoms with Crippen molar-refractivity contribution in [3.05, 3.63) is 46.3 Å². The lowest BCUT2D eigenvalue weighted by molar-refractivity contribution is 0.0531. The molecule has 0 unspecified atom stereocenters. The van der Waals surface area contributed by atoms with Crippen molar-refractivity contribution >= 4 is 45.1 Å². The monoisotopic (exact) mass is 377 g/mol. The van der Waals surface area contributed by atoms with Crippen molar-refractivity contribution in [3.8, 4) is 0 Å². The molecule has 0 aliphatic heterocycles. The molecule has 0 saturated heterocycles. The molecule has 0 spiro atoms. The van der Waals surface area contributed by atoms with E-state index in [-0.39, 0.29) is 11.8 Å². The van der Waals surface area contributed by atoms with Gasteiger partial charge in [0, 0.05) is 4.90 Å². The van der Waals surface area contributed by atoms with Crippen LogP contribution in [0.1, 0.15) is 28.0 Å². The number of halogens is 1. The first-order valence-electron chi connectivity index (χ1n) is 7.61. The summed E-state index contributed by atoms with van der Waals surface area (Å²) in [5.41, 5.74) is 6.79. The van der Waals surface area contributed by atoms with E-state index >= 15 is 0 Å². The van der Waals surface area contributed by atoms with E-state index in [4.69, 9.17) is 10.5 Å². The minimum Gasteiger partial charge on any atom is -0.462 e. The molecule has 8 heteroatoms. The van der Waals surface area contributed by atoms with Crippen LogP contribution in [-0.4, -0.2) is 22.5 Å². The Morgan fingerprint density at radius 3 is 2.84 bits per heavy atom. The van der Waals surface area contributed by atoms with E-state index in [0.29, 0.717) is 44.0 Å². The van der Waals surface area contributed by atoms with E-state index < -0.39 is 0 Å². The number of aryl methyl sites for hydroxylation is 1. The average Bonchev–Trinajstić information content (AvgIpc) is 2.92. The number of benzene rings is 1. The fourth-order valence-electron chi connectivity index (χ4n) is 2.38. The van der Waals surface area contributed by atoms with Gasteiger partial charge in [-0.25, -0.2) is 19.2 Å². The molecule has 2 aromatic heterocycles. The van der Waals surface area contributed by atoms with Crippen LogP contribution < -0.4 is 5.73 Å². The number of thiophene rings is 1. The summed E-state index contributed by atoms with van der Waals surface area (Å²) < 4.78 is 18.8. The van der Waals surface area contributed by atoms with E-state index in [9.17, 15) is 9.18 Å². The highest BCUT2D eigenvalue weighted by Crippen LogP contribution is 2.34. The number of esters is 1. The van der Waals surface area contributed by atoms with Gasteiger partial charge in [0.05, 0.1) is 17.7 Å². The third-order valence-corrected chi connectivity index (χ3v) is 5.73. The number of aromatic nitrogens is 2. The van der Waals surface area contributed by atoms with Gasteiger partial charge in [0.2, 0.25) is 0 Å². The molecule has 0 radical (unpaired) electrons. The van der Waals surface area contributed by atoms with Gasteiger partial charge in [-0.1, -0.05) is 12.1 Å². The quantitative estimate of drug-likeness (QED) is 0.531. The smallest absolute Gasteiger partial charge is 0.348 e. The lowest BCUT2D eigenvalue weighted by Crippen LogP contribution is -2.03. The van der Waals surface area contributed by atoms with Crippen LogP contribution in [0, 0.1) is 12.7 Å². The van der Waals surface area contributed by atoms with Crippen molar-refractivity contribution in [2.75, 3.05) is 12.3 Å². The summed E-state index contributed by atoms with van der Waals surface area (Å²) in [4.78, 5) is 22.5. The number of nitrogen functional groups attached to an aromatic ring is 1. The molecule has 1 aromatic carbocycles. The van der Waals surface area contributed by atoms with Gasteiger partial charge in [0.15, 0.2) is 0 Å². The van der Waals surface area contributed by atoms with Gasteiger partial charge in [0.1, 0.15) is 27.2 Å². The fraction of sp³-hybridized carbons (Fsp3) is 0.235. The zero-order valence-electron chi connectivity index (χ0n) is 13.7. The van der Waals surface area contributed by atoms with E-state index in [0.717, 1.165) is 5.56 Å². The Morgan fingerprint density at radius 2 is 2.12 bits per heavy atom. The van der Waals surface area contributed by atoms with Crippen LogP contribution in [0.4, 0.5) is 10.2 Å². The normalized spacial score (nSPS) is 11.0.